The van der Waals surface area contributed by atoms with Gasteiger partial charge in [0.2, 0.25) is 10.0 Å². The number of likely N-dealkylation sites (tertiary alicyclic amines) is 1. The zero-order valence-electron chi connectivity index (χ0n) is 18.1. The summed E-state index contributed by atoms with van der Waals surface area (Å²) >= 11 is 0. The average Bonchev–Trinajstić information content (AvgIpc) is 2.94. The van der Waals surface area contributed by atoms with E-state index in [1.165, 1.54) is 11.1 Å². The van der Waals surface area contributed by atoms with Crippen molar-refractivity contribution in [3.8, 4) is 5.75 Å². The van der Waals surface area contributed by atoms with E-state index in [1.54, 1.807) is 22.5 Å². The molecule has 0 spiro atoms. The van der Waals surface area contributed by atoms with Crippen LogP contribution in [0.25, 0.3) is 0 Å². The van der Waals surface area contributed by atoms with Gasteiger partial charge < -0.3 is 4.74 Å². The van der Waals surface area contributed by atoms with E-state index in [4.69, 9.17) is 4.74 Å². The summed E-state index contributed by atoms with van der Waals surface area (Å²) in [5.74, 6) is 0.739. The summed E-state index contributed by atoms with van der Waals surface area (Å²) in [6.45, 7) is 9.45. The fraction of sp³-hybridized carbons (Fsp3) is 0.500. The second-order valence-corrected chi connectivity index (χ2v) is 10.8. The van der Waals surface area contributed by atoms with Crippen LogP contribution in [0.5, 0.6) is 5.75 Å². The highest BCUT2D eigenvalue weighted by molar-refractivity contribution is 7.89. The van der Waals surface area contributed by atoms with Crippen LogP contribution in [0, 0.1) is 12.8 Å². The van der Waals surface area contributed by atoms with E-state index in [2.05, 4.69) is 49.9 Å². The Kier molecular flexibility index (Phi) is 6.19. The highest BCUT2D eigenvalue weighted by Gasteiger charge is 2.43. The van der Waals surface area contributed by atoms with E-state index in [0.717, 1.165) is 32.5 Å². The SMILES string of the molecule is Cc1ccccc1CN1CC[C@@H]2[C@@H](CC1)Oc1ccccc1S(=O)(=O)N2CC(C)C. The zero-order chi connectivity index (χ0) is 21.3. The highest BCUT2D eigenvalue weighted by atomic mass is 32.2. The fourth-order valence-electron chi connectivity index (χ4n) is 4.59. The lowest BCUT2D eigenvalue weighted by atomic mass is 10.0. The van der Waals surface area contributed by atoms with Gasteiger partial charge in [-0.15, -0.1) is 0 Å². The summed E-state index contributed by atoms with van der Waals surface area (Å²) in [6.07, 6.45) is 1.45. The van der Waals surface area contributed by atoms with Crippen LogP contribution in [0.2, 0.25) is 0 Å². The maximum absolute atomic E-state index is 13.6. The second kappa shape index (κ2) is 8.69. The predicted molar refractivity (Wildman–Crippen MR) is 119 cm³/mol. The Hall–Kier alpha value is -1.89. The van der Waals surface area contributed by atoms with Crippen molar-refractivity contribution in [1.29, 1.82) is 0 Å². The van der Waals surface area contributed by atoms with Gasteiger partial charge in [-0.25, -0.2) is 8.42 Å². The summed E-state index contributed by atoms with van der Waals surface area (Å²) < 4.78 is 35.2. The zero-order valence-corrected chi connectivity index (χ0v) is 18.9. The van der Waals surface area contributed by atoms with Crippen LogP contribution in [-0.2, 0) is 16.6 Å². The first-order chi connectivity index (χ1) is 14.4. The number of aryl methyl sites for hydroxylation is 1. The Labute approximate surface area is 180 Å². The van der Waals surface area contributed by atoms with E-state index in [9.17, 15) is 8.42 Å². The fourth-order valence-corrected chi connectivity index (χ4v) is 6.56. The van der Waals surface area contributed by atoms with Crippen molar-refractivity contribution in [2.45, 2.75) is 57.2 Å². The molecule has 1 fully saturated rings. The summed E-state index contributed by atoms with van der Waals surface area (Å²) in [6, 6.07) is 15.4. The monoisotopic (exact) mass is 428 g/mol. The Balaban J connectivity index is 1.63. The number of ether oxygens (including phenoxy) is 1. The number of para-hydroxylation sites is 1. The number of hydrogen-bond donors (Lipinski definition) is 0. The molecule has 0 bridgehead atoms. The van der Waals surface area contributed by atoms with E-state index in [1.807, 2.05) is 6.07 Å². The van der Waals surface area contributed by atoms with Crippen LogP contribution in [0.3, 0.4) is 0 Å². The Morgan fingerprint density at radius 3 is 2.50 bits per heavy atom. The largest absolute Gasteiger partial charge is 0.487 e. The molecule has 2 heterocycles. The summed E-state index contributed by atoms with van der Waals surface area (Å²) in [5.41, 5.74) is 2.63. The lowest BCUT2D eigenvalue weighted by molar-refractivity contribution is 0.108. The van der Waals surface area contributed by atoms with Crippen molar-refractivity contribution >= 4 is 10.0 Å². The van der Waals surface area contributed by atoms with E-state index in [0.29, 0.717) is 17.2 Å². The van der Waals surface area contributed by atoms with Gasteiger partial charge in [-0.3, -0.25) is 4.90 Å². The summed E-state index contributed by atoms with van der Waals surface area (Å²) in [4.78, 5) is 2.74. The van der Waals surface area contributed by atoms with Gasteiger partial charge in [0.15, 0.2) is 0 Å². The molecule has 0 aliphatic carbocycles. The van der Waals surface area contributed by atoms with Crippen LogP contribution in [0.15, 0.2) is 53.4 Å². The van der Waals surface area contributed by atoms with Crippen molar-refractivity contribution in [3.63, 3.8) is 0 Å². The third-order valence-electron chi connectivity index (χ3n) is 6.18. The Morgan fingerprint density at radius 1 is 1.03 bits per heavy atom. The first kappa shape index (κ1) is 21.3. The summed E-state index contributed by atoms with van der Waals surface area (Å²) in [7, 11) is -3.59. The first-order valence-corrected chi connectivity index (χ1v) is 12.3. The molecule has 0 radical (unpaired) electrons. The molecule has 0 saturated carbocycles. The molecule has 0 N–H and O–H groups in total. The second-order valence-electron chi connectivity index (χ2n) is 8.92. The van der Waals surface area contributed by atoms with E-state index >= 15 is 0 Å². The quantitative estimate of drug-likeness (QED) is 0.737. The molecule has 2 aliphatic heterocycles. The molecular weight excluding hydrogens is 396 g/mol. The van der Waals surface area contributed by atoms with Gasteiger partial charge in [-0.1, -0.05) is 50.2 Å². The van der Waals surface area contributed by atoms with Crippen molar-refractivity contribution in [2.24, 2.45) is 5.92 Å². The van der Waals surface area contributed by atoms with Crippen LogP contribution in [0.1, 0.15) is 37.8 Å². The molecule has 6 heteroatoms. The number of fused-ring (bicyclic) bond motifs is 2. The van der Waals surface area contributed by atoms with Gasteiger partial charge in [0.25, 0.3) is 0 Å². The van der Waals surface area contributed by atoms with Crippen molar-refractivity contribution < 1.29 is 13.2 Å². The smallest absolute Gasteiger partial charge is 0.247 e. The topological polar surface area (TPSA) is 49.9 Å². The van der Waals surface area contributed by atoms with Gasteiger partial charge in [0.1, 0.15) is 16.7 Å². The number of rotatable bonds is 4. The molecule has 162 valence electrons. The molecule has 2 aromatic rings. The molecule has 2 aliphatic rings. The van der Waals surface area contributed by atoms with Gasteiger partial charge in [0, 0.05) is 26.2 Å². The molecular formula is C24H32N2O3S. The predicted octanol–water partition coefficient (Wildman–Crippen LogP) is 4.07. The molecule has 5 nitrogen and oxygen atoms in total. The van der Waals surface area contributed by atoms with E-state index in [-0.39, 0.29) is 18.1 Å². The third-order valence-corrected chi connectivity index (χ3v) is 8.11. The van der Waals surface area contributed by atoms with Gasteiger partial charge in [0.05, 0.1) is 6.04 Å². The number of hydrogen-bond acceptors (Lipinski definition) is 4. The van der Waals surface area contributed by atoms with E-state index < -0.39 is 10.0 Å². The van der Waals surface area contributed by atoms with Crippen molar-refractivity contribution in [2.75, 3.05) is 19.6 Å². The van der Waals surface area contributed by atoms with Crippen LogP contribution in [0.4, 0.5) is 0 Å². The molecule has 0 aromatic heterocycles. The van der Waals surface area contributed by atoms with Crippen molar-refractivity contribution in [3.05, 3.63) is 59.7 Å². The van der Waals surface area contributed by atoms with Crippen LogP contribution in [-0.4, -0.2) is 49.4 Å². The van der Waals surface area contributed by atoms with Gasteiger partial charge >= 0.3 is 0 Å². The maximum Gasteiger partial charge on any atom is 0.247 e. The van der Waals surface area contributed by atoms with Gasteiger partial charge in [-0.05, 0) is 48.9 Å². The molecule has 1 saturated heterocycles. The van der Waals surface area contributed by atoms with Crippen LogP contribution >= 0.6 is 0 Å². The Morgan fingerprint density at radius 2 is 1.73 bits per heavy atom. The normalized spacial score (nSPS) is 24.4. The molecule has 2 atom stereocenters. The Bertz CT molecular complexity index is 989. The number of sulfonamides is 1. The average molecular weight is 429 g/mol. The lowest BCUT2D eigenvalue weighted by Gasteiger charge is -2.32. The molecule has 2 aromatic carbocycles. The third kappa shape index (κ3) is 4.27. The minimum Gasteiger partial charge on any atom is -0.487 e. The minimum atomic E-state index is -3.59. The standard InChI is InChI=1S/C24H32N2O3S/c1-18(2)16-26-21-12-14-25(17-20-9-5-4-8-19(20)3)15-13-22(21)29-23-10-6-7-11-24(23)30(26,27)28/h4-11,18,21-22H,12-17H2,1-3H3/t21-,22-/m1/s1. The van der Waals surface area contributed by atoms with Crippen molar-refractivity contribution in [1.82, 2.24) is 9.21 Å². The lowest BCUT2D eigenvalue weighted by Crippen LogP contribution is -2.48. The van der Waals surface area contributed by atoms with Crippen LogP contribution < -0.4 is 4.74 Å². The maximum atomic E-state index is 13.6. The molecule has 30 heavy (non-hydrogen) atoms. The minimum absolute atomic E-state index is 0.135. The molecule has 0 unspecified atom stereocenters. The number of benzene rings is 2. The summed E-state index contributed by atoms with van der Waals surface area (Å²) in [5, 5.41) is 0. The molecule has 4 rings (SSSR count). The highest BCUT2D eigenvalue weighted by Crippen LogP contribution is 2.37. The first-order valence-electron chi connectivity index (χ1n) is 10.9. The molecule has 0 amide bonds. The van der Waals surface area contributed by atoms with Gasteiger partial charge in [-0.2, -0.15) is 4.31 Å². The number of nitrogens with zero attached hydrogens (tertiary/aromatic N) is 2.